The Bertz CT molecular complexity index is 811. The molecule has 0 aliphatic rings. The Balaban J connectivity index is 2.81. The summed E-state index contributed by atoms with van der Waals surface area (Å²) in [5.74, 6) is -0.118. The van der Waals surface area contributed by atoms with Crippen molar-refractivity contribution >= 4 is 22.7 Å². The minimum atomic E-state index is -0.743. The summed E-state index contributed by atoms with van der Waals surface area (Å²) in [4.78, 5) is 33.4. The van der Waals surface area contributed by atoms with Gasteiger partial charge in [-0.2, -0.15) is 0 Å². The van der Waals surface area contributed by atoms with Crippen LogP contribution in [-0.2, 0) is 17.7 Å². The minimum absolute atomic E-state index is 0.0480. The van der Waals surface area contributed by atoms with Gasteiger partial charge in [0.25, 0.3) is 5.56 Å². The maximum absolute atomic E-state index is 12.7. The molecule has 0 bridgehead atoms. The van der Waals surface area contributed by atoms with Gasteiger partial charge < -0.3 is 10.5 Å². The second-order valence-corrected chi connectivity index (χ2v) is 4.99. The lowest BCUT2D eigenvalue weighted by molar-refractivity contribution is 0.0525. The highest BCUT2D eigenvalue weighted by Gasteiger charge is 2.22. The molecule has 2 rings (SSSR count). The molecule has 0 saturated heterocycles. The summed E-state index contributed by atoms with van der Waals surface area (Å²) in [5.41, 5.74) is 5.75. The maximum atomic E-state index is 12.7. The summed E-state index contributed by atoms with van der Waals surface area (Å²) in [7, 11) is 0. The van der Waals surface area contributed by atoms with E-state index in [1.165, 1.54) is 4.57 Å². The number of esters is 1. The van der Waals surface area contributed by atoms with Gasteiger partial charge in [-0.05, 0) is 13.3 Å². The summed E-state index contributed by atoms with van der Waals surface area (Å²) >= 11 is 0. The van der Waals surface area contributed by atoms with Crippen molar-refractivity contribution in [1.29, 1.82) is 0 Å². The monoisotopic (exact) mass is 316 g/mol. The highest BCUT2D eigenvalue weighted by Crippen LogP contribution is 2.21. The zero-order chi connectivity index (χ0) is 17.0. The summed E-state index contributed by atoms with van der Waals surface area (Å²) in [5, 5.41) is 0.453. The number of hydrogen-bond donors (Lipinski definition) is 1. The number of fused-ring (bicyclic) bond motifs is 1. The first-order chi connectivity index (χ1) is 11.0. The number of aryl methyl sites for hydroxylation is 1. The van der Waals surface area contributed by atoms with E-state index in [0.717, 1.165) is 6.42 Å². The summed E-state index contributed by atoms with van der Waals surface area (Å²) in [6, 6.07) is 0. The Morgan fingerprint density at radius 2 is 2.22 bits per heavy atom. The first-order valence-corrected chi connectivity index (χ1v) is 7.51. The van der Waals surface area contributed by atoms with Crippen molar-refractivity contribution < 1.29 is 9.53 Å². The number of carbonyl (C=O) groups is 1. The molecule has 0 spiro atoms. The third-order valence-electron chi connectivity index (χ3n) is 3.36. The van der Waals surface area contributed by atoms with Crippen LogP contribution in [0.25, 0.3) is 11.0 Å². The predicted molar refractivity (Wildman–Crippen MR) is 88.4 cm³/mol. The summed E-state index contributed by atoms with van der Waals surface area (Å²) < 4.78 is 6.30. The van der Waals surface area contributed by atoms with Gasteiger partial charge in [0.05, 0.1) is 17.7 Å². The Hall–Kier alpha value is -2.70. The molecule has 7 heteroatoms. The third kappa shape index (κ3) is 3.08. The van der Waals surface area contributed by atoms with Crippen molar-refractivity contribution in [3.05, 3.63) is 40.6 Å². The molecule has 2 N–H and O–H groups in total. The van der Waals surface area contributed by atoms with E-state index in [-0.39, 0.29) is 24.4 Å². The van der Waals surface area contributed by atoms with Gasteiger partial charge in [-0.3, -0.25) is 9.36 Å². The highest BCUT2D eigenvalue weighted by molar-refractivity contribution is 6.03. The van der Waals surface area contributed by atoms with Gasteiger partial charge in [0.2, 0.25) is 0 Å². The van der Waals surface area contributed by atoms with Gasteiger partial charge >= 0.3 is 5.97 Å². The highest BCUT2D eigenvalue weighted by atomic mass is 16.5. The van der Waals surface area contributed by atoms with E-state index in [9.17, 15) is 9.59 Å². The molecule has 2 heterocycles. The smallest absolute Gasteiger partial charge is 0.345 e. The molecule has 23 heavy (non-hydrogen) atoms. The molecule has 0 aromatic carbocycles. The summed E-state index contributed by atoms with van der Waals surface area (Å²) in [6.45, 7) is 7.69. The lowest BCUT2D eigenvalue weighted by atomic mass is 10.1. The number of pyridine rings is 1. The number of anilines is 1. The topological polar surface area (TPSA) is 100 Å². The predicted octanol–water partition coefficient (Wildman–Crippen LogP) is 1.69. The molecule has 0 saturated carbocycles. The molecule has 0 aliphatic heterocycles. The average Bonchev–Trinajstić information content (AvgIpc) is 2.52. The lowest BCUT2D eigenvalue weighted by Gasteiger charge is -2.13. The SMILES string of the molecule is C=CCn1c(=O)c(C(=O)OCC)c(N)c2cnc(CCC)nc21. The zero-order valence-corrected chi connectivity index (χ0v) is 13.3. The van der Waals surface area contributed by atoms with Crippen molar-refractivity contribution in [1.82, 2.24) is 14.5 Å². The molecule has 0 unspecified atom stereocenters. The number of aromatic nitrogens is 3. The fourth-order valence-corrected chi connectivity index (χ4v) is 2.33. The van der Waals surface area contributed by atoms with Crippen LogP contribution in [0.3, 0.4) is 0 Å². The van der Waals surface area contributed by atoms with E-state index >= 15 is 0 Å². The van der Waals surface area contributed by atoms with Crippen molar-refractivity contribution in [3.63, 3.8) is 0 Å². The average molecular weight is 316 g/mol. The van der Waals surface area contributed by atoms with E-state index in [0.29, 0.717) is 23.3 Å². The molecule has 2 aromatic heterocycles. The number of carbonyl (C=O) groups excluding carboxylic acids is 1. The number of ether oxygens (including phenoxy) is 1. The van der Waals surface area contributed by atoms with Crippen molar-refractivity contribution in [2.24, 2.45) is 0 Å². The van der Waals surface area contributed by atoms with Gasteiger partial charge in [-0.1, -0.05) is 13.0 Å². The van der Waals surface area contributed by atoms with E-state index in [1.807, 2.05) is 6.92 Å². The fraction of sp³-hybridized carbons (Fsp3) is 0.375. The van der Waals surface area contributed by atoms with Gasteiger partial charge in [-0.25, -0.2) is 14.8 Å². The molecule has 0 amide bonds. The van der Waals surface area contributed by atoms with Crippen LogP contribution in [0, 0.1) is 0 Å². The van der Waals surface area contributed by atoms with Crippen LogP contribution in [0.2, 0.25) is 0 Å². The first kappa shape index (κ1) is 16.7. The van der Waals surface area contributed by atoms with Crippen molar-refractivity contribution in [2.75, 3.05) is 12.3 Å². The van der Waals surface area contributed by atoms with Gasteiger partial charge in [0.1, 0.15) is 17.0 Å². The van der Waals surface area contributed by atoms with E-state index < -0.39 is 11.5 Å². The van der Waals surface area contributed by atoms with Gasteiger partial charge in [0.15, 0.2) is 0 Å². The minimum Gasteiger partial charge on any atom is -0.462 e. The first-order valence-electron chi connectivity index (χ1n) is 7.51. The number of nitrogens with two attached hydrogens (primary N) is 1. The maximum Gasteiger partial charge on any atom is 0.345 e. The molecular weight excluding hydrogens is 296 g/mol. The standard InChI is InChI=1S/C16H20N4O3/c1-4-7-11-18-9-10-13(17)12(16(22)23-6-3)15(21)20(8-5-2)14(10)19-11/h5,9H,2,4,6-8,17H2,1,3H3. The third-order valence-corrected chi connectivity index (χ3v) is 3.36. The van der Waals surface area contributed by atoms with Gasteiger partial charge in [-0.15, -0.1) is 6.58 Å². The van der Waals surface area contributed by atoms with Crippen LogP contribution in [0.5, 0.6) is 0 Å². The number of allylic oxidation sites excluding steroid dienone is 1. The van der Waals surface area contributed by atoms with Crippen LogP contribution in [-0.4, -0.2) is 27.1 Å². The molecule has 0 aliphatic carbocycles. The van der Waals surface area contributed by atoms with E-state index in [4.69, 9.17) is 10.5 Å². The molecule has 122 valence electrons. The van der Waals surface area contributed by atoms with E-state index in [1.54, 1.807) is 19.2 Å². The van der Waals surface area contributed by atoms with Crippen LogP contribution in [0.15, 0.2) is 23.6 Å². The molecular formula is C16H20N4O3. The van der Waals surface area contributed by atoms with Crippen LogP contribution >= 0.6 is 0 Å². The van der Waals surface area contributed by atoms with Crippen molar-refractivity contribution in [3.8, 4) is 0 Å². The van der Waals surface area contributed by atoms with Crippen molar-refractivity contribution in [2.45, 2.75) is 33.2 Å². The van der Waals surface area contributed by atoms with Crippen LogP contribution in [0.1, 0.15) is 36.5 Å². The Labute approximate surface area is 133 Å². The number of rotatable bonds is 6. The lowest BCUT2D eigenvalue weighted by Crippen LogP contribution is -2.30. The normalized spacial score (nSPS) is 10.7. The van der Waals surface area contributed by atoms with E-state index in [2.05, 4.69) is 16.5 Å². The molecule has 0 radical (unpaired) electrons. The number of nitrogens with zero attached hydrogens (tertiary/aromatic N) is 3. The fourth-order valence-electron chi connectivity index (χ4n) is 2.33. The Morgan fingerprint density at radius 1 is 1.48 bits per heavy atom. The van der Waals surface area contributed by atoms with Gasteiger partial charge in [0, 0.05) is 19.2 Å². The second-order valence-electron chi connectivity index (χ2n) is 4.99. The number of hydrogen-bond acceptors (Lipinski definition) is 6. The largest absolute Gasteiger partial charge is 0.462 e. The summed E-state index contributed by atoms with van der Waals surface area (Å²) in [6.07, 6.45) is 4.68. The molecule has 2 aromatic rings. The second kappa shape index (κ2) is 7.04. The Kier molecular flexibility index (Phi) is 5.10. The van der Waals surface area contributed by atoms with Crippen LogP contribution in [0.4, 0.5) is 5.69 Å². The Morgan fingerprint density at radius 3 is 2.83 bits per heavy atom. The molecule has 7 nitrogen and oxygen atoms in total. The zero-order valence-electron chi connectivity index (χ0n) is 13.3. The quantitative estimate of drug-likeness (QED) is 0.643. The number of nitrogen functional groups attached to an aromatic ring is 1. The van der Waals surface area contributed by atoms with Crippen LogP contribution < -0.4 is 11.3 Å². The molecule has 0 atom stereocenters. The molecule has 0 fully saturated rings.